The quantitative estimate of drug-likeness (QED) is 0.171. The van der Waals surface area contributed by atoms with E-state index in [2.05, 4.69) is 266 Å². The first-order valence-corrected chi connectivity index (χ1v) is 25.8. The fourth-order valence-corrected chi connectivity index (χ4v) is 15.3. The first-order valence-electron chi connectivity index (χ1n) is 25.8. The molecule has 1 atom stereocenters. The van der Waals surface area contributed by atoms with Crippen LogP contribution in [0.1, 0.15) is 69.5 Å². The molecule has 1 unspecified atom stereocenters. The number of para-hydroxylation sites is 3. The second-order valence-corrected chi connectivity index (χ2v) is 21.4. The van der Waals surface area contributed by atoms with Crippen LogP contribution in [0.2, 0.25) is 0 Å². The van der Waals surface area contributed by atoms with Crippen LogP contribution < -0.4 is 4.90 Å². The molecule has 11 aromatic carbocycles. The van der Waals surface area contributed by atoms with Crippen molar-refractivity contribution in [2.24, 2.45) is 0 Å². The predicted octanol–water partition coefficient (Wildman–Crippen LogP) is 17.6. The van der Waals surface area contributed by atoms with E-state index >= 15 is 0 Å². The van der Waals surface area contributed by atoms with E-state index in [-0.39, 0.29) is 5.41 Å². The summed E-state index contributed by atoms with van der Waals surface area (Å²) in [5.41, 5.74) is 29.8. The van der Waals surface area contributed by atoms with Crippen molar-refractivity contribution in [3.63, 3.8) is 0 Å². The number of fused-ring (bicyclic) bond motifs is 25. The van der Waals surface area contributed by atoms with Gasteiger partial charge in [-0.05, 0) is 137 Å². The van der Waals surface area contributed by atoms with Crippen molar-refractivity contribution in [3.05, 3.63) is 298 Å². The highest BCUT2D eigenvalue weighted by Crippen LogP contribution is 2.66. The van der Waals surface area contributed by atoms with Gasteiger partial charge in [-0.15, -0.1) is 0 Å². The molecule has 340 valence electrons. The van der Waals surface area contributed by atoms with Gasteiger partial charge in [-0.1, -0.05) is 214 Å². The Labute approximate surface area is 424 Å². The highest BCUT2D eigenvalue weighted by molar-refractivity contribution is 6.13. The van der Waals surface area contributed by atoms with Gasteiger partial charge in [-0.2, -0.15) is 0 Å². The zero-order valence-corrected chi connectivity index (χ0v) is 40.5. The van der Waals surface area contributed by atoms with E-state index in [9.17, 15) is 0 Å². The van der Waals surface area contributed by atoms with Gasteiger partial charge in [0.05, 0.1) is 33.2 Å². The maximum absolute atomic E-state index is 2.60. The fraction of sp³-hybridized carbons (Fsp3) is 0.0704. The van der Waals surface area contributed by atoms with Gasteiger partial charge < -0.3 is 9.47 Å². The van der Waals surface area contributed by atoms with Gasteiger partial charge >= 0.3 is 0 Å². The Kier molecular flexibility index (Phi) is 7.45. The molecule has 2 heterocycles. The van der Waals surface area contributed by atoms with Gasteiger partial charge in [-0.25, -0.2) is 0 Å². The Morgan fingerprint density at radius 2 is 0.781 bits per heavy atom. The summed E-state index contributed by atoms with van der Waals surface area (Å²) in [7, 11) is 0. The molecule has 73 heavy (non-hydrogen) atoms. The van der Waals surface area contributed by atoms with Crippen LogP contribution in [0, 0.1) is 0 Å². The molecule has 0 bridgehead atoms. The summed E-state index contributed by atoms with van der Waals surface area (Å²) in [5, 5.41) is 2.58. The molecule has 0 saturated heterocycles. The van der Waals surface area contributed by atoms with Crippen molar-refractivity contribution in [1.29, 1.82) is 0 Å². The molecule has 2 nitrogen and oxygen atoms in total. The molecule has 0 amide bonds. The summed E-state index contributed by atoms with van der Waals surface area (Å²) in [6.45, 7) is 4.80. The minimum atomic E-state index is -0.540. The van der Waals surface area contributed by atoms with Gasteiger partial charge in [0.1, 0.15) is 0 Å². The molecule has 17 rings (SSSR count). The van der Waals surface area contributed by atoms with Crippen LogP contribution in [0.4, 0.5) is 17.1 Å². The summed E-state index contributed by atoms with van der Waals surface area (Å²) in [5.74, 6) is 0. The molecular formula is C71H46N2. The molecular weight excluding hydrogens is 881 g/mol. The Morgan fingerprint density at radius 1 is 0.315 bits per heavy atom. The normalized spacial score (nSPS) is 16.6. The second kappa shape index (κ2) is 13.7. The van der Waals surface area contributed by atoms with Crippen LogP contribution in [0.5, 0.6) is 0 Å². The van der Waals surface area contributed by atoms with Crippen LogP contribution in [0.25, 0.3) is 72.0 Å². The summed E-state index contributed by atoms with van der Waals surface area (Å²) in [4.78, 5) is 2.60. The predicted molar refractivity (Wildman–Crippen MR) is 300 cm³/mol. The monoisotopic (exact) mass is 926 g/mol. The summed E-state index contributed by atoms with van der Waals surface area (Å²) in [6, 6.07) is 92.7. The lowest BCUT2D eigenvalue weighted by atomic mass is 9.65. The van der Waals surface area contributed by atoms with E-state index in [1.807, 2.05) is 0 Å². The van der Waals surface area contributed by atoms with Crippen LogP contribution in [-0.2, 0) is 16.2 Å². The molecule has 5 aliphatic rings. The Morgan fingerprint density at radius 3 is 1.51 bits per heavy atom. The molecule has 2 spiro atoms. The van der Waals surface area contributed by atoms with E-state index in [4.69, 9.17) is 0 Å². The minimum Gasteiger partial charge on any atom is -0.310 e. The Hall–Kier alpha value is -8.98. The largest absolute Gasteiger partial charge is 0.310 e. The van der Waals surface area contributed by atoms with Crippen molar-refractivity contribution in [2.75, 3.05) is 4.90 Å². The smallest absolute Gasteiger partial charge is 0.0754 e. The number of hydrogen-bond acceptors (Lipinski definition) is 1. The first kappa shape index (κ1) is 39.7. The molecule has 0 fully saturated rings. The SMILES string of the molecule is CC1(C)c2ccccc2-c2ccc(N(c3ccc4c(c3)-c3ccccc3C43c4ccccc4-n4c5ccccc5c5cccc3c54)c3cccc4c3-c3ccccc3C43c4ccccc4-c4ccccc43)cc21. The van der Waals surface area contributed by atoms with Gasteiger partial charge in [0.25, 0.3) is 0 Å². The van der Waals surface area contributed by atoms with Crippen LogP contribution in [0.15, 0.2) is 243 Å². The first-order chi connectivity index (χ1) is 36.0. The lowest BCUT2D eigenvalue weighted by Gasteiger charge is -2.39. The minimum absolute atomic E-state index is 0.179. The number of anilines is 3. The number of nitrogens with zero attached hydrogens (tertiary/aromatic N) is 2. The molecule has 4 aliphatic carbocycles. The average Bonchev–Trinajstić information content (AvgIpc) is 4.20. The highest BCUT2D eigenvalue weighted by atomic mass is 15.1. The van der Waals surface area contributed by atoms with Gasteiger partial charge in [0, 0.05) is 33.1 Å². The average molecular weight is 927 g/mol. The maximum atomic E-state index is 2.60. The summed E-state index contributed by atoms with van der Waals surface area (Å²) in [6.07, 6.45) is 0. The van der Waals surface area contributed by atoms with Gasteiger partial charge in [0.2, 0.25) is 0 Å². The third kappa shape index (κ3) is 4.59. The van der Waals surface area contributed by atoms with E-state index in [1.165, 1.54) is 133 Å². The fourth-order valence-electron chi connectivity index (χ4n) is 15.3. The van der Waals surface area contributed by atoms with Crippen LogP contribution >= 0.6 is 0 Å². The zero-order chi connectivity index (χ0) is 48.0. The van der Waals surface area contributed by atoms with Crippen molar-refractivity contribution in [2.45, 2.75) is 30.1 Å². The topological polar surface area (TPSA) is 8.17 Å². The van der Waals surface area contributed by atoms with Crippen LogP contribution in [0.3, 0.4) is 0 Å². The van der Waals surface area contributed by atoms with E-state index in [0.717, 1.165) is 11.4 Å². The van der Waals surface area contributed by atoms with Gasteiger partial charge in [-0.3, -0.25) is 0 Å². The van der Waals surface area contributed by atoms with Crippen molar-refractivity contribution in [3.8, 4) is 50.2 Å². The van der Waals surface area contributed by atoms with Crippen LogP contribution in [-0.4, -0.2) is 4.57 Å². The number of hydrogen-bond donors (Lipinski definition) is 0. The standard InChI is InChI=1S/C71H46N2/c1-69(2)54-26-9-3-19-45(54)49-39-37-44(42-63(49)69)72(66-36-18-32-61-67(66)52-24-7-13-30-58(52)70(61)55-27-10-4-20-46(55)47-21-5-11-28-56(47)70)43-38-40-59-53(41-43)48-22-6-12-29-57(48)71(59)60-31-14-16-35-65(60)73-64-34-15-8-23-50(64)51-25-17-33-62(71)68(51)73/h3-42H,1-2H3. The molecule has 0 radical (unpaired) electrons. The van der Waals surface area contributed by atoms with E-state index in [0.29, 0.717) is 0 Å². The molecule has 0 N–H and O–H groups in total. The zero-order valence-electron chi connectivity index (χ0n) is 40.5. The Balaban J connectivity index is 0.959. The lowest BCUT2D eigenvalue weighted by Crippen LogP contribution is -2.33. The molecule has 0 saturated carbocycles. The number of aromatic nitrogens is 1. The third-order valence-corrected chi connectivity index (χ3v) is 18.0. The van der Waals surface area contributed by atoms with Crippen molar-refractivity contribution >= 4 is 38.9 Å². The van der Waals surface area contributed by atoms with E-state index < -0.39 is 10.8 Å². The molecule has 12 aromatic rings. The summed E-state index contributed by atoms with van der Waals surface area (Å²) >= 11 is 0. The Bertz CT molecular complexity index is 4400. The number of benzene rings is 11. The third-order valence-electron chi connectivity index (χ3n) is 18.0. The molecule has 2 heteroatoms. The molecule has 1 aliphatic heterocycles. The number of rotatable bonds is 3. The molecule has 1 aromatic heterocycles. The van der Waals surface area contributed by atoms with Gasteiger partial charge in [0.15, 0.2) is 0 Å². The highest BCUT2D eigenvalue weighted by Gasteiger charge is 2.54. The van der Waals surface area contributed by atoms with E-state index in [1.54, 1.807) is 0 Å². The summed E-state index contributed by atoms with van der Waals surface area (Å²) < 4.78 is 2.53. The maximum Gasteiger partial charge on any atom is 0.0754 e. The van der Waals surface area contributed by atoms with Crippen molar-refractivity contribution < 1.29 is 0 Å². The van der Waals surface area contributed by atoms with Crippen molar-refractivity contribution in [1.82, 2.24) is 4.57 Å². The lowest BCUT2D eigenvalue weighted by molar-refractivity contribution is 0.660. The second-order valence-electron chi connectivity index (χ2n) is 21.4.